The van der Waals surface area contributed by atoms with Crippen LogP contribution in [0.15, 0.2) is 24.3 Å². The van der Waals surface area contributed by atoms with Crippen LogP contribution in [0.1, 0.15) is 19.4 Å². The van der Waals surface area contributed by atoms with Gasteiger partial charge in [-0.15, -0.1) is 0 Å². The van der Waals surface area contributed by atoms with Crippen molar-refractivity contribution < 1.29 is 10.0 Å². The average Bonchev–Trinajstić information content (AvgIpc) is 2.20. The van der Waals surface area contributed by atoms with E-state index in [4.69, 9.17) is 11.6 Å². The van der Waals surface area contributed by atoms with Crippen molar-refractivity contribution in [2.24, 2.45) is 5.92 Å². The Balaban J connectivity index is 2.71. The SMILES string of the molecule is CC(C)C(=O)N(O)Cc1ccccc1Cl. The molecule has 0 atom stereocenters. The number of halogens is 1. The van der Waals surface area contributed by atoms with Gasteiger partial charge in [0.1, 0.15) is 0 Å². The molecule has 1 amide bonds. The molecule has 0 unspecified atom stereocenters. The zero-order valence-electron chi connectivity index (χ0n) is 8.77. The van der Waals surface area contributed by atoms with Crippen molar-refractivity contribution in [3.8, 4) is 0 Å². The lowest BCUT2D eigenvalue weighted by Crippen LogP contribution is -2.30. The van der Waals surface area contributed by atoms with E-state index in [-0.39, 0.29) is 18.4 Å². The quantitative estimate of drug-likeness (QED) is 0.637. The van der Waals surface area contributed by atoms with E-state index in [1.165, 1.54) is 0 Å². The predicted octanol–water partition coefficient (Wildman–Crippen LogP) is 2.71. The Labute approximate surface area is 94.2 Å². The molecule has 0 aliphatic heterocycles. The second-order valence-corrected chi connectivity index (χ2v) is 4.05. The van der Waals surface area contributed by atoms with Crippen LogP contribution < -0.4 is 0 Å². The van der Waals surface area contributed by atoms with Crippen LogP contribution in [-0.4, -0.2) is 16.2 Å². The van der Waals surface area contributed by atoms with E-state index in [0.29, 0.717) is 10.1 Å². The molecule has 0 saturated carbocycles. The molecule has 82 valence electrons. The van der Waals surface area contributed by atoms with Crippen LogP contribution in [0, 0.1) is 5.92 Å². The maximum atomic E-state index is 11.4. The lowest BCUT2D eigenvalue weighted by atomic mass is 10.2. The summed E-state index contributed by atoms with van der Waals surface area (Å²) in [7, 11) is 0. The molecular formula is C11H14ClNO2. The van der Waals surface area contributed by atoms with Gasteiger partial charge < -0.3 is 0 Å². The van der Waals surface area contributed by atoms with Gasteiger partial charge in [-0.2, -0.15) is 0 Å². The van der Waals surface area contributed by atoms with Crippen molar-refractivity contribution in [2.45, 2.75) is 20.4 Å². The first-order valence-electron chi connectivity index (χ1n) is 4.76. The van der Waals surface area contributed by atoms with E-state index in [1.54, 1.807) is 32.0 Å². The third kappa shape index (κ3) is 3.22. The van der Waals surface area contributed by atoms with Gasteiger partial charge in [-0.25, -0.2) is 5.06 Å². The van der Waals surface area contributed by atoms with Crippen LogP contribution in [0.5, 0.6) is 0 Å². The molecule has 4 heteroatoms. The fraction of sp³-hybridized carbons (Fsp3) is 0.364. The summed E-state index contributed by atoms with van der Waals surface area (Å²) in [4.78, 5) is 11.4. The van der Waals surface area contributed by atoms with E-state index in [2.05, 4.69) is 0 Å². The maximum Gasteiger partial charge on any atom is 0.248 e. The molecule has 15 heavy (non-hydrogen) atoms. The molecule has 0 bridgehead atoms. The van der Waals surface area contributed by atoms with Gasteiger partial charge >= 0.3 is 0 Å². The smallest absolute Gasteiger partial charge is 0.248 e. The zero-order valence-corrected chi connectivity index (χ0v) is 9.53. The van der Waals surface area contributed by atoms with Crippen molar-refractivity contribution in [3.63, 3.8) is 0 Å². The van der Waals surface area contributed by atoms with Gasteiger partial charge in [-0.3, -0.25) is 10.0 Å². The minimum Gasteiger partial charge on any atom is -0.286 e. The zero-order chi connectivity index (χ0) is 11.4. The Hall–Kier alpha value is -1.06. The van der Waals surface area contributed by atoms with Crippen molar-refractivity contribution >= 4 is 17.5 Å². The molecule has 1 N–H and O–H groups in total. The Morgan fingerprint density at radius 3 is 2.60 bits per heavy atom. The molecule has 1 rings (SSSR count). The second kappa shape index (κ2) is 5.14. The van der Waals surface area contributed by atoms with Gasteiger partial charge in [0.2, 0.25) is 5.91 Å². The van der Waals surface area contributed by atoms with Crippen molar-refractivity contribution in [2.75, 3.05) is 0 Å². The highest BCUT2D eigenvalue weighted by molar-refractivity contribution is 6.31. The molecule has 0 aliphatic carbocycles. The summed E-state index contributed by atoms with van der Waals surface area (Å²) in [6, 6.07) is 7.12. The summed E-state index contributed by atoms with van der Waals surface area (Å²) in [6.45, 7) is 3.59. The summed E-state index contributed by atoms with van der Waals surface area (Å²) >= 11 is 5.90. The van der Waals surface area contributed by atoms with E-state index >= 15 is 0 Å². The standard InChI is InChI=1S/C11H14ClNO2/c1-8(2)11(14)13(15)7-9-5-3-4-6-10(9)12/h3-6,8,15H,7H2,1-2H3. The number of rotatable bonds is 3. The normalized spacial score (nSPS) is 10.5. The van der Waals surface area contributed by atoms with Crippen molar-refractivity contribution in [1.82, 2.24) is 5.06 Å². The predicted molar refractivity (Wildman–Crippen MR) is 58.6 cm³/mol. The summed E-state index contributed by atoms with van der Waals surface area (Å²) in [5.74, 6) is -0.535. The molecule has 1 aromatic carbocycles. The Kier molecular flexibility index (Phi) is 4.12. The highest BCUT2D eigenvalue weighted by Gasteiger charge is 2.15. The lowest BCUT2D eigenvalue weighted by molar-refractivity contribution is -0.171. The largest absolute Gasteiger partial charge is 0.286 e. The topological polar surface area (TPSA) is 40.5 Å². The number of amides is 1. The summed E-state index contributed by atoms with van der Waals surface area (Å²) in [6.07, 6.45) is 0. The molecule has 0 heterocycles. The third-order valence-electron chi connectivity index (χ3n) is 2.03. The highest BCUT2D eigenvalue weighted by Crippen LogP contribution is 2.17. The van der Waals surface area contributed by atoms with Gasteiger partial charge in [0, 0.05) is 10.9 Å². The van der Waals surface area contributed by atoms with Crippen LogP contribution in [0.2, 0.25) is 5.02 Å². The highest BCUT2D eigenvalue weighted by atomic mass is 35.5. The van der Waals surface area contributed by atoms with E-state index in [0.717, 1.165) is 5.56 Å². The number of carbonyl (C=O) groups excluding carboxylic acids is 1. The van der Waals surface area contributed by atoms with E-state index in [9.17, 15) is 10.0 Å². The summed E-state index contributed by atoms with van der Waals surface area (Å²) < 4.78 is 0. The Morgan fingerprint density at radius 2 is 2.07 bits per heavy atom. The summed E-state index contributed by atoms with van der Waals surface area (Å²) in [5, 5.41) is 10.7. The Bertz CT molecular complexity index is 352. The van der Waals surface area contributed by atoms with Crippen LogP contribution in [0.25, 0.3) is 0 Å². The van der Waals surface area contributed by atoms with Gasteiger partial charge in [0.15, 0.2) is 0 Å². The molecule has 0 aromatic heterocycles. The number of hydroxylamine groups is 2. The molecule has 0 spiro atoms. The summed E-state index contributed by atoms with van der Waals surface area (Å²) in [5.41, 5.74) is 0.732. The van der Waals surface area contributed by atoms with Gasteiger partial charge in [0.05, 0.1) is 6.54 Å². The molecule has 1 aromatic rings. The molecule has 0 fully saturated rings. The first kappa shape index (κ1) is 12.0. The van der Waals surface area contributed by atoms with Crippen LogP contribution in [0.3, 0.4) is 0 Å². The minimum atomic E-state index is -0.310. The number of nitrogens with zero attached hydrogens (tertiary/aromatic N) is 1. The van der Waals surface area contributed by atoms with Crippen LogP contribution in [-0.2, 0) is 11.3 Å². The van der Waals surface area contributed by atoms with E-state index in [1.807, 2.05) is 6.07 Å². The van der Waals surface area contributed by atoms with Gasteiger partial charge in [0.25, 0.3) is 0 Å². The molecular weight excluding hydrogens is 214 g/mol. The minimum absolute atomic E-state index is 0.122. The monoisotopic (exact) mass is 227 g/mol. The Morgan fingerprint density at radius 1 is 1.47 bits per heavy atom. The molecule has 3 nitrogen and oxygen atoms in total. The number of hydrogen-bond donors (Lipinski definition) is 1. The van der Waals surface area contributed by atoms with Gasteiger partial charge in [-0.05, 0) is 11.6 Å². The average molecular weight is 228 g/mol. The molecule has 0 radical (unpaired) electrons. The second-order valence-electron chi connectivity index (χ2n) is 3.64. The lowest BCUT2D eigenvalue weighted by Gasteiger charge is -2.17. The molecule has 0 aliphatic rings. The number of carbonyl (C=O) groups is 1. The molecule has 0 saturated heterocycles. The van der Waals surface area contributed by atoms with Crippen LogP contribution in [0.4, 0.5) is 0 Å². The number of hydrogen-bond acceptors (Lipinski definition) is 2. The van der Waals surface area contributed by atoms with Gasteiger partial charge in [-0.1, -0.05) is 43.6 Å². The fourth-order valence-electron chi connectivity index (χ4n) is 1.16. The number of benzene rings is 1. The van der Waals surface area contributed by atoms with E-state index < -0.39 is 0 Å². The van der Waals surface area contributed by atoms with Crippen molar-refractivity contribution in [1.29, 1.82) is 0 Å². The maximum absolute atomic E-state index is 11.4. The first-order valence-corrected chi connectivity index (χ1v) is 5.14. The van der Waals surface area contributed by atoms with Crippen LogP contribution >= 0.6 is 11.6 Å². The first-order chi connectivity index (χ1) is 7.02. The third-order valence-corrected chi connectivity index (χ3v) is 2.39. The van der Waals surface area contributed by atoms with Crippen molar-refractivity contribution in [3.05, 3.63) is 34.9 Å². The fourth-order valence-corrected chi connectivity index (χ4v) is 1.36.